The Morgan fingerprint density at radius 3 is 2.67 bits per heavy atom. The van der Waals surface area contributed by atoms with Crippen LogP contribution in [0, 0.1) is 17.1 Å². The minimum absolute atomic E-state index is 0.0468. The van der Waals surface area contributed by atoms with Crippen LogP contribution in [-0.4, -0.2) is 17.6 Å². The third-order valence-electron chi connectivity index (χ3n) is 3.09. The zero-order valence-electron chi connectivity index (χ0n) is 11.4. The van der Waals surface area contributed by atoms with Crippen LogP contribution in [0.5, 0.6) is 0 Å². The zero-order valence-corrected chi connectivity index (χ0v) is 11.4. The molecule has 2 rings (SSSR count). The lowest BCUT2D eigenvalue weighted by atomic mass is 10.1. The molecule has 0 saturated carbocycles. The van der Waals surface area contributed by atoms with Gasteiger partial charge in [-0.3, -0.25) is 0 Å². The van der Waals surface area contributed by atoms with E-state index in [9.17, 15) is 14.4 Å². The molecule has 1 N–H and O–H groups in total. The standard InChI is InChI=1S/C16H13FN2O2/c1-2-19(14-5-3-4-13(17)9-14)15-7-6-11(16(20)21)8-12(15)10-18/h3-9H,2H2,1H3,(H,20,21). The number of anilines is 2. The van der Waals surface area contributed by atoms with Crippen LogP contribution < -0.4 is 4.90 Å². The molecule has 0 aliphatic heterocycles. The van der Waals surface area contributed by atoms with E-state index < -0.39 is 5.97 Å². The molecule has 2 aromatic rings. The second kappa shape index (κ2) is 6.06. The number of carboxylic acids is 1. The van der Waals surface area contributed by atoms with Gasteiger partial charge in [0.2, 0.25) is 0 Å². The van der Waals surface area contributed by atoms with Crippen LogP contribution in [0.3, 0.4) is 0 Å². The molecule has 0 aliphatic rings. The minimum Gasteiger partial charge on any atom is -0.478 e. The van der Waals surface area contributed by atoms with Crippen LogP contribution in [-0.2, 0) is 0 Å². The molecule has 4 nitrogen and oxygen atoms in total. The molecule has 0 heterocycles. The van der Waals surface area contributed by atoms with Gasteiger partial charge in [0.15, 0.2) is 0 Å². The van der Waals surface area contributed by atoms with Crippen molar-refractivity contribution in [3.05, 3.63) is 59.4 Å². The van der Waals surface area contributed by atoms with Crippen LogP contribution >= 0.6 is 0 Å². The summed E-state index contributed by atoms with van der Waals surface area (Å²) in [6.07, 6.45) is 0. The first kappa shape index (κ1) is 14.5. The van der Waals surface area contributed by atoms with Crippen molar-refractivity contribution < 1.29 is 14.3 Å². The third-order valence-corrected chi connectivity index (χ3v) is 3.09. The fraction of sp³-hybridized carbons (Fsp3) is 0.125. The Balaban J connectivity index is 2.53. The van der Waals surface area contributed by atoms with Gasteiger partial charge in [-0.15, -0.1) is 0 Å². The second-order valence-electron chi connectivity index (χ2n) is 4.37. The average molecular weight is 284 g/mol. The molecule has 0 aliphatic carbocycles. The number of hydrogen-bond donors (Lipinski definition) is 1. The second-order valence-corrected chi connectivity index (χ2v) is 4.37. The highest BCUT2D eigenvalue weighted by Crippen LogP contribution is 2.29. The maximum absolute atomic E-state index is 13.4. The molecule has 0 saturated heterocycles. The van der Waals surface area contributed by atoms with E-state index in [0.717, 1.165) is 0 Å². The highest BCUT2D eigenvalue weighted by atomic mass is 19.1. The van der Waals surface area contributed by atoms with Crippen molar-refractivity contribution in [2.45, 2.75) is 6.92 Å². The fourth-order valence-electron chi connectivity index (χ4n) is 2.13. The number of nitriles is 1. The van der Waals surface area contributed by atoms with Gasteiger partial charge in [0.05, 0.1) is 16.8 Å². The number of benzene rings is 2. The molecule has 21 heavy (non-hydrogen) atoms. The van der Waals surface area contributed by atoms with Crippen molar-refractivity contribution in [1.82, 2.24) is 0 Å². The van der Waals surface area contributed by atoms with Crippen LogP contribution in [0.2, 0.25) is 0 Å². The number of nitrogens with zero attached hydrogens (tertiary/aromatic N) is 2. The van der Waals surface area contributed by atoms with Crippen LogP contribution in [0.25, 0.3) is 0 Å². The predicted molar refractivity (Wildman–Crippen MR) is 77.2 cm³/mol. The molecule has 0 amide bonds. The fourth-order valence-corrected chi connectivity index (χ4v) is 2.13. The highest BCUT2D eigenvalue weighted by molar-refractivity contribution is 5.89. The average Bonchev–Trinajstić information content (AvgIpc) is 2.48. The maximum atomic E-state index is 13.4. The van der Waals surface area contributed by atoms with Crippen LogP contribution in [0.4, 0.5) is 15.8 Å². The summed E-state index contributed by atoms with van der Waals surface area (Å²) in [6, 6.07) is 12.3. The van der Waals surface area contributed by atoms with Gasteiger partial charge in [0.1, 0.15) is 11.9 Å². The van der Waals surface area contributed by atoms with Gasteiger partial charge < -0.3 is 10.0 Å². The van der Waals surface area contributed by atoms with Gasteiger partial charge in [-0.05, 0) is 43.3 Å². The lowest BCUT2D eigenvalue weighted by Gasteiger charge is -2.24. The number of rotatable bonds is 4. The van der Waals surface area contributed by atoms with Gasteiger partial charge in [0.25, 0.3) is 0 Å². The maximum Gasteiger partial charge on any atom is 0.335 e. The summed E-state index contributed by atoms with van der Waals surface area (Å²) in [4.78, 5) is 12.7. The molecule has 0 bridgehead atoms. The molecule has 5 heteroatoms. The number of halogens is 1. The van der Waals surface area contributed by atoms with Crippen molar-refractivity contribution in [3.8, 4) is 6.07 Å². The zero-order chi connectivity index (χ0) is 15.4. The molecule has 2 aromatic carbocycles. The van der Waals surface area contributed by atoms with Gasteiger partial charge in [-0.2, -0.15) is 5.26 Å². The van der Waals surface area contributed by atoms with Crippen molar-refractivity contribution in [2.24, 2.45) is 0 Å². The summed E-state index contributed by atoms with van der Waals surface area (Å²) in [5.74, 6) is -1.46. The Kier molecular flexibility index (Phi) is 4.19. The number of carbonyl (C=O) groups is 1. The first-order valence-electron chi connectivity index (χ1n) is 6.37. The van der Waals surface area contributed by atoms with Crippen LogP contribution in [0.15, 0.2) is 42.5 Å². The van der Waals surface area contributed by atoms with Crippen molar-refractivity contribution in [2.75, 3.05) is 11.4 Å². The summed E-state index contributed by atoms with van der Waals surface area (Å²) in [7, 11) is 0. The quantitative estimate of drug-likeness (QED) is 0.932. The number of aromatic carboxylic acids is 1. The molecule has 0 fully saturated rings. The molecular formula is C16H13FN2O2. The van der Waals surface area contributed by atoms with E-state index in [1.807, 2.05) is 13.0 Å². The van der Waals surface area contributed by atoms with Gasteiger partial charge >= 0.3 is 5.97 Å². The van der Waals surface area contributed by atoms with E-state index in [0.29, 0.717) is 17.9 Å². The first-order valence-corrected chi connectivity index (χ1v) is 6.37. The Morgan fingerprint density at radius 1 is 1.33 bits per heavy atom. The molecule has 0 spiro atoms. The lowest BCUT2D eigenvalue weighted by molar-refractivity contribution is 0.0697. The Labute approximate surface area is 121 Å². The van der Waals surface area contributed by atoms with Crippen LogP contribution in [0.1, 0.15) is 22.8 Å². The molecule has 106 valence electrons. The minimum atomic E-state index is -1.09. The van der Waals surface area contributed by atoms with E-state index in [1.54, 1.807) is 23.1 Å². The molecule has 0 aromatic heterocycles. The molecule has 0 radical (unpaired) electrons. The predicted octanol–water partition coefficient (Wildman–Crippen LogP) is 3.55. The summed E-state index contributed by atoms with van der Waals surface area (Å²) >= 11 is 0. The smallest absolute Gasteiger partial charge is 0.335 e. The van der Waals surface area contributed by atoms with Gasteiger partial charge in [-0.25, -0.2) is 9.18 Å². The normalized spacial score (nSPS) is 9.95. The Hall–Kier alpha value is -2.87. The van der Waals surface area contributed by atoms with Gasteiger partial charge in [0, 0.05) is 12.2 Å². The summed E-state index contributed by atoms with van der Waals surface area (Å²) < 4.78 is 13.4. The van der Waals surface area contributed by atoms with Crippen molar-refractivity contribution in [3.63, 3.8) is 0 Å². The van der Waals surface area contributed by atoms with Crippen molar-refractivity contribution in [1.29, 1.82) is 5.26 Å². The largest absolute Gasteiger partial charge is 0.478 e. The van der Waals surface area contributed by atoms with E-state index in [2.05, 4.69) is 0 Å². The van der Waals surface area contributed by atoms with Crippen molar-refractivity contribution >= 4 is 17.3 Å². The van der Waals surface area contributed by atoms with Gasteiger partial charge in [-0.1, -0.05) is 6.07 Å². The third kappa shape index (κ3) is 3.00. The summed E-state index contributed by atoms with van der Waals surface area (Å²) in [5, 5.41) is 18.2. The molecule has 0 unspecified atom stereocenters. The topological polar surface area (TPSA) is 64.3 Å². The molecule has 0 atom stereocenters. The van der Waals surface area contributed by atoms with E-state index in [1.165, 1.54) is 24.3 Å². The first-order chi connectivity index (χ1) is 10.1. The SMILES string of the molecule is CCN(c1cccc(F)c1)c1ccc(C(=O)O)cc1C#N. The van der Waals surface area contributed by atoms with E-state index in [4.69, 9.17) is 5.11 Å². The summed E-state index contributed by atoms with van der Waals surface area (Å²) in [5.41, 5.74) is 1.44. The summed E-state index contributed by atoms with van der Waals surface area (Å²) in [6.45, 7) is 2.39. The lowest BCUT2D eigenvalue weighted by Crippen LogP contribution is -2.17. The Morgan fingerprint density at radius 2 is 2.10 bits per heavy atom. The monoisotopic (exact) mass is 284 g/mol. The highest BCUT2D eigenvalue weighted by Gasteiger charge is 2.15. The molecular weight excluding hydrogens is 271 g/mol. The number of carboxylic acid groups (broad SMARTS) is 1. The number of hydrogen-bond acceptors (Lipinski definition) is 3. The van der Waals surface area contributed by atoms with E-state index in [-0.39, 0.29) is 16.9 Å². The van der Waals surface area contributed by atoms with E-state index >= 15 is 0 Å². The Bertz CT molecular complexity index is 722.